The van der Waals surface area contributed by atoms with Crippen molar-refractivity contribution >= 4 is 39.1 Å². The zero-order valence-electron chi connectivity index (χ0n) is 16.2. The Morgan fingerprint density at radius 2 is 1.65 bits per heavy atom. The molecule has 3 rings (SSSR count). The van der Waals surface area contributed by atoms with Crippen molar-refractivity contribution in [1.82, 2.24) is 4.31 Å². The normalized spacial score (nSPS) is 12.6. The molecule has 0 bridgehead atoms. The quantitative estimate of drug-likeness (QED) is 0.511. The van der Waals surface area contributed by atoms with Crippen molar-refractivity contribution in [2.75, 3.05) is 6.54 Å². The van der Waals surface area contributed by atoms with Crippen molar-refractivity contribution in [2.45, 2.75) is 17.4 Å². The van der Waals surface area contributed by atoms with E-state index in [1.165, 1.54) is 36.4 Å². The van der Waals surface area contributed by atoms with Gasteiger partial charge < -0.3 is 5.73 Å². The van der Waals surface area contributed by atoms with Crippen LogP contribution in [-0.4, -0.2) is 25.2 Å². The number of hydrogen-bond donors (Lipinski definition) is 1. The number of primary amides is 1. The van der Waals surface area contributed by atoms with Crippen LogP contribution in [0.15, 0.2) is 77.7 Å². The van der Waals surface area contributed by atoms with Crippen molar-refractivity contribution in [3.8, 4) is 0 Å². The molecule has 5 nitrogen and oxygen atoms in total. The highest BCUT2D eigenvalue weighted by molar-refractivity contribution is 7.89. The number of carbonyl (C=O) groups is 1. The van der Waals surface area contributed by atoms with E-state index >= 15 is 0 Å². The minimum Gasteiger partial charge on any atom is -0.368 e. The molecule has 1 atom stereocenters. The van der Waals surface area contributed by atoms with Crippen LogP contribution < -0.4 is 5.73 Å². The minimum atomic E-state index is -4.14. The van der Waals surface area contributed by atoms with Gasteiger partial charge in [0.15, 0.2) is 0 Å². The molecule has 162 valence electrons. The van der Waals surface area contributed by atoms with E-state index in [9.17, 15) is 17.6 Å². The van der Waals surface area contributed by atoms with Crippen molar-refractivity contribution in [2.24, 2.45) is 5.73 Å². The van der Waals surface area contributed by atoms with Crippen LogP contribution in [0, 0.1) is 5.82 Å². The summed E-state index contributed by atoms with van der Waals surface area (Å²) < 4.78 is 41.4. The lowest BCUT2D eigenvalue weighted by Crippen LogP contribution is -2.42. The fourth-order valence-electron chi connectivity index (χ4n) is 3.19. The van der Waals surface area contributed by atoms with Crippen LogP contribution in [-0.2, 0) is 21.2 Å². The lowest BCUT2D eigenvalue weighted by molar-refractivity contribution is -0.121. The molecule has 0 radical (unpaired) electrons. The standard InChI is InChI=1S/C22H19Cl2FN2O3S/c23-17-7-10-19(11-8-17)31(29,30)27(13-12-15-6-9-18(25)14-20(15)24)21(22(26)28)16-4-2-1-3-5-16/h1-11,14,21H,12-13H2,(H2,26,28)/t21-/m1/s1. The highest BCUT2D eigenvalue weighted by Crippen LogP contribution is 2.29. The van der Waals surface area contributed by atoms with E-state index in [2.05, 4.69) is 0 Å². The third kappa shape index (κ3) is 5.43. The number of rotatable bonds is 8. The number of benzene rings is 3. The molecular formula is C22H19Cl2FN2O3S. The van der Waals surface area contributed by atoms with Crippen LogP contribution in [0.4, 0.5) is 4.39 Å². The summed E-state index contributed by atoms with van der Waals surface area (Å²) in [5, 5.41) is 0.539. The number of carbonyl (C=O) groups excluding carboxylic acids is 1. The van der Waals surface area contributed by atoms with Gasteiger partial charge in [-0.2, -0.15) is 4.31 Å². The van der Waals surface area contributed by atoms with Crippen LogP contribution in [0.1, 0.15) is 17.2 Å². The topological polar surface area (TPSA) is 80.5 Å². The Kier molecular flexibility index (Phi) is 7.33. The van der Waals surface area contributed by atoms with E-state index in [0.29, 0.717) is 16.1 Å². The van der Waals surface area contributed by atoms with E-state index in [1.807, 2.05) is 0 Å². The molecule has 0 aliphatic carbocycles. The molecule has 0 aliphatic rings. The first-order chi connectivity index (χ1) is 14.7. The number of nitrogens with zero attached hydrogens (tertiary/aromatic N) is 1. The Bertz CT molecular complexity index is 1170. The van der Waals surface area contributed by atoms with Crippen LogP contribution in [0.2, 0.25) is 10.0 Å². The maximum atomic E-state index is 13.5. The van der Waals surface area contributed by atoms with E-state index in [4.69, 9.17) is 28.9 Å². The Morgan fingerprint density at radius 3 is 2.23 bits per heavy atom. The number of sulfonamides is 1. The monoisotopic (exact) mass is 480 g/mol. The highest BCUT2D eigenvalue weighted by Gasteiger charge is 2.35. The maximum Gasteiger partial charge on any atom is 0.244 e. The zero-order valence-corrected chi connectivity index (χ0v) is 18.5. The summed E-state index contributed by atoms with van der Waals surface area (Å²) in [6.07, 6.45) is 0.141. The Labute approximate surface area is 190 Å². The molecule has 0 unspecified atom stereocenters. The van der Waals surface area contributed by atoms with E-state index in [-0.39, 0.29) is 22.9 Å². The molecule has 0 heterocycles. The second-order valence-corrected chi connectivity index (χ2v) is 9.51. The van der Waals surface area contributed by atoms with Crippen LogP contribution in [0.3, 0.4) is 0 Å². The fourth-order valence-corrected chi connectivity index (χ4v) is 5.17. The number of amides is 1. The van der Waals surface area contributed by atoms with E-state index < -0.39 is 27.8 Å². The summed E-state index contributed by atoms with van der Waals surface area (Å²) in [7, 11) is -4.14. The second-order valence-electron chi connectivity index (χ2n) is 6.77. The molecular weight excluding hydrogens is 462 g/mol. The molecule has 0 fully saturated rings. The zero-order chi connectivity index (χ0) is 22.6. The highest BCUT2D eigenvalue weighted by atomic mass is 35.5. The van der Waals surface area contributed by atoms with Gasteiger partial charge in [0.1, 0.15) is 11.9 Å². The Morgan fingerprint density at radius 1 is 1.00 bits per heavy atom. The van der Waals surface area contributed by atoms with Gasteiger partial charge in [-0.3, -0.25) is 4.79 Å². The van der Waals surface area contributed by atoms with Gasteiger partial charge in [0.25, 0.3) is 0 Å². The van der Waals surface area contributed by atoms with Crippen molar-refractivity contribution < 1.29 is 17.6 Å². The first-order valence-electron chi connectivity index (χ1n) is 9.26. The molecule has 3 aromatic carbocycles. The van der Waals surface area contributed by atoms with Crippen molar-refractivity contribution in [3.63, 3.8) is 0 Å². The Hall–Kier alpha value is -2.45. The van der Waals surface area contributed by atoms with Gasteiger partial charge in [0.05, 0.1) is 4.90 Å². The fraction of sp³-hybridized carbons (Fsp3) is 0.136. The lowest BCUT2D eigenvalue weighted by atomic mass is 10.1. The molecule has 0 saturated carbocycles. The molecule has 9 heteroatoms. The van der Waals surface area contributed by atoms with Crippen LogP contribution in [0.25, 0.3) is 0 Å². The lowest BCUT2D eigenvalue weighted by Gasteiger charge is -2.29. The first-order valence-corrected chi connectivity index (χ1v) is 11.5. The number of halogens is 3. The van der Waals surface area contributed by atoms with E-state index in [1.54, 1.807) is 30.3 Å². The molecule has 0 aromatic heterocycles. The van der Waals surface area contributed by atoms with Crippen LogP contribution >= 0.6 is 23.2 Å². The summed E-state index contributed by atoms with van der Waals surface area (Å²) in [4.78, 5) is 12.4. The van der Waals surface area contributed by atoms with Gasteiger partial charge in [-0.05, 0) is 53.9 Å². The van der Waals surface area contributed by atoms with Gasteiger partial charge in [0, 0.05) is 16.6 Å². The van der Waals surface area contributed by atoms with Gasteiger partial charge >= 0.3 is 0 Å². The largest absolute Gasteiger partial charge is 0.368 e. The third-order valence-corrected chi connectivity index (χ3v) is 7.19. The molecule has 0 spiro atoms. The summed E-state index contributed by atoms with van der Waals surface area (Å²) in [6.45, 7) is -0.112. The smallest absolute Gasteiger partial charge is 0.244 e. The first kappa shape index (κ1) is 23.2. The average molecular weight is 481 g/mol. The van der Waals surface area contributed by atoms with Crippen LogP contribution in [0.5, 0.6) is 0 Å². The average Bonchev–Trinajstić information content (AvgIpc) is 2.72. The molecule has 31 heavy (non-hydrogen) atoms. The summed E-state index contributed by atoms with van der Waals surface area (Å²) in [6, 6.07) is 16.6. The molecule has 2 N–H and O–H groups in total. The molecule has 0 saturated heterocycles. The van der Waals surface area contributed by atoms with Gasteiger partial charge in [0.2, 0.25) is 15.9 Å². The number of nitrogens with two attached hydrogens (primary N) is 1. The van der Waals surface area contributed by atoms with Gasteiger partial charge in [-0.25, -0.2) is 12.8 Å². The van der Waals surface area contributed by atoms with Gasteiger partial charge in [-0.1, -0.05) is 59.6 Å². The number of hydrogen-bond acceptors (Lipinski definition) is 3. The summed E-state index contributed by atoms with van der Waals surface area (Å²) in [5.41, 5.74) is 6.61. The molecule has 0 aliphatic heterocycles. The maximum absolute atomic E-state index is 13.5. The van der Waals surface area contributed by atoms with Gasteiger partial charge in [-0.15, -0.1) is 0 Å². The minimum absolute atomic E-state index is 0.0377. The molecule has 1 amide bonds. The molecule has 3 aromatic rings. The van der Waals surface area contributed by atoms with Crippen molar-refractivity contribution in [1.29, 1.82) is 0 Å². The predicted octanol–water partition coefficient (Wildman–Crippen LogP) is 4.59. The SMILES string of the molecule is NC(=O)[C@@H](c1ccccc1)N(CCc1ccc(F)cc1Cl)S(=O)(=O)c1ccc(Cl)cc1. The van der Waals surface area contributed by atoms with Crippen molar-refractivity contribution in [3.05, 3.63) is 99.8 Å². The second kappa shape index (κ2) is 9.78. The third-order valence-electron chi connectivity index (χ3n) is 4.71. The predicted molar refractivity (Wildman–Crippen MR) is 119 cm³/mol. The van der Waals surface area contributed by atoms with E-state index in [0.717, 1.165) is 10.4 Å². The summed E-state index contributed by atoms with van der Waals surface area (Å²) in [5.74, 6) is -1.33. The Balaban J connectivity index is 2.06. The summed E-state index contributed by atoms with van der Waals surface area (Å²) >= 11 is 12.0.